The van der Waals surface area contributed by atoms with Crippen molar-refractivity contribution in [1.29, 1.82) is 0 Å². The Kier molecular flexibility index (Phi) is 4.91. The molecule has 0 saturated heterocycles. The molecule has 0 unspecified atom stereocenters. The van der Waals surface area contributed by atoms with Gasteiger partial charge in [-0.1, -0.05) is 5.16 Å². The Bertz CT molecular complexity index is 495. The second kappa shape index (κ2) is 6.43. The minimum Gasteiger partial charge on any atom is -0.409 e. The second-order valence-electron chi connectivity index (χ2n) is 3.67. The lowest BCUT2D eigenvalue weighted by atomic mass is 10.2. The molecule has 1 heterocycles. The number of carbonyl (C=O) groups excluding carboxylic acids is 1. The molecule has 1 rings (SSSR count). The van der Waals surface area contributed by atoms with Crippen LogP contribution in [-0.2, 0) is 0 Å². The van der Waals surface area contributed by atoms with Gasteiger partial charge in [-0.15, -0.1) is 0 Å². The molecule has 0 radical (unpaired) electrons. The van der Waals surface area contributed by atoms with E-state index in [0.29, 0.717) is 18.7 Å². The molecule has 18 heavy (non-hydrogen) atoms. The number of H-pyrrole nitrogens is 1. The maximum absolute atomic E-state index is 12.1. The van der Waals surface area contributed by atoms with Crippen LogP contribution < -0.4 is 11.3 Å². The SMILES string of the molecule is CCN(CC/C(N)=N/O)C(=O)c1cc[nH]c(=O)c1. The third-order valence-electron chi connectivity index (χ3n) is 2.46. The largest absolute Gasteiger partial charge is 0.409 e. The molecule has 7 heteroatoms. The van der Waals surface area contributed by atoms with Crippen molar-refractivity contribution in [3.63, 3.8) is 0 Å². The molecular weight excluding hydrogens is 236 g/mol. The van der Waals surface area contributed by atoms with E-state index in [4.69, 9.17) is 10.9 Å². The number of rotatable bonds is 5. The van der Waals surface area contributed by atoms with Crippen molar-refractivity contribution in [1.82, 2.24) is 9.88 Å². The number of oxime groups is 1. The van der Waals surface area contributed by atoms with Crippen molar-refractivity contribution >= 4 is 11.7 Å². The fourth-order valence-corrected chi connectivity index (χ4v) is 1.46. The molecule has 1 amide bonds. The Labute approximate surface area is 104 Å². The first-order valence-electron chi connectivity index (χ1n) is 5.53. The topological polar surface area (TPSA) is 112 Å². The minimum atomic E-state index is -0.326. The summed E-state index contributed by atoms with van der Waals surface area (Å²) >= 11 is 0. The summed E-state index contributed by atoms with van der Waals surface area (Å²) < 4.78 is 0. The molecule has 0 aliphatic rings. The van der Waals surface area contributed by atoms with Gasteiger partial charge in [0.25, 0.3) is 5.91 Å². The van der Waals surface area contributed by atoms with Crippen molar-refractivity contribution < 1.29 is 10.0 Å². The molecule has 7 nitrogen and oxygen atoms in total. The third-order valence-corrected chi connectivity index (χ3v) is 2.46. The predicted octanol–water partition coefficient (Wildman–Crippen LogP) is -0.0265. The van der Waals surface area contributed by atoms with Crippen LogP contribution in [0, 0.1) is 0 Å². The lowest BCUT2D eigenvalue weighted by molar-refractivity contribution is 0.0768. The highest BCUT2D eigenvalue weighted by molar-refractivity contribution is 5.94. The van der Waals surface area contributed by atoms with Crippen LogP contribution in [0.25, 0.3) is 0 Å². The van der Waals surface area contributed by atoms with E-state index in [0.717, 1.165) is 0 Å². The molecule has 1 aromatic heterocycles. The zero-order valence-electron chi connectivity index (χ0n) is 10.1. The first-order valence-corrected chi connectivity index (χ1v) is 5.53. The van der Waals surface area contributed by atoms with E-state index >= 15 is 0 Å². The van der Waals surface area contributed by atoms with Crippen LogP contribution in [0.15, 0.2) is 28.3 Å². The summed E-state index contributed by atoms with van der Waals surface area (Å²) in [5, 5.41) is 11.3. The molecule has 0 bridgehead atoms. The summed E-state index contributed by atoms with van der Waals surface area (Å²) in [6.45, 7) is 2.62. The number of nitrogens with one attached hydrogen (secondary N) is 1. The number of amides is 1. The molecule has 0 saturated carbocycles. The van der Waals surface area contributed by atoms with Gasteiger partial charge in [-0.25, -0.2) is 0 Å². The number of nitrogens with zero attached hydrogens (tertiary/aromatic N) is 2. The molecule has 98 valence electrons. The van der Waals surface area contributed by atoms with Gasteiger partial charge in [0.1, 0.15) is 5.84 Å². The monoisotopic (exact) mass is 252 g/mol. The molecule has 0 aliphatic heterocycles. The number of aromatic nitrogens is 1. The molecule has 0 fully saturated rings. The van der Waals surface area contributed by atoms with Crippen LogP contribution in [0.5, 0.6) is 0 Å². The number of aromatic amines is 1. The van der Waals surface area contributed by atoms with Gasteiger partial charge in [-0.05, 0) is 13.0 Å². The predicted molar refractivity (Wildman–Crippen MR) is 66.7 cm³/mol. The molecule has 4 N–H and O–H groups in total. The van der Waals surface area contributed by atoms with Crippen molar-refractivity contribution in [2.75, 3.05) is 13.1 Å². The average molecular weight is 252 g/mol. The maximum Gasteiger partial charge on any atom is 0.254 e. The van der Waals surface area contributed by atoms with Crippen LogP contribution in [0.2, 0.25) is 0 Å². The normalized spacial score (nSPS) is 11.3. The van der Waals surface area contributed by atoms with Gasteiger partial charge in [-0.2, -0.15) is 0 Å². The first-order chi connectivity index (χ1) is 8.58. The maximum atomic E-state index is 12.1. The zero-order valence-corrected chi connectivity index (χ0v) is 10.1. The highest BCUT2D eigenvalue weighted by Gasteiger charge is 2.14. The summed E-state index contributed by atoms with van der Waals surface area (Å²) in [6, 6.07) is 2.78. The standard InChI is InChI=1S/C11H16N4O3/c1-2-15(6-4-9(12)14-18)11(17)8-3-5-13-10(16)7-8/h3,5,7,18H,2,4,6H2,1H3,(H2,12,14)(H,13,16). The lowest BCUT2D eigenvalue weighted by Crippen LogP contribution is -2.34. The number of hydrogen-bond acceptors (Lipinski definition) is 4. The Morgan fingerprint density at radius 1 is 1.61 bits per heavy atom. The van der Waals surface area contributed by atoms with Crippen molar-refractivity contribution in [3.8, 4) is 0 Å². The van der Waals surface area contributed by atoms with Crippen molar-refractivity contribution in [2.24, 2.45) is 10.9 Å². The van der Waals surface area contributed by atoms with E-state index in [9.17, 15) is 9.59 Å². The highest BCUT2D eigenvalue weighted by atomic mass is 16.4. The average Bonchev–Trinajstić information content (AvgIpc) is 2.38. The van der Waals surface area contributed by atoms with E-state index in [1.165, 1.54) is 23.2 Å². The van der Waals surface area contributed by atoms with E-state index in [1.54, 1.807) is 0 Å². The molecule has 0 spiro atoms. The van der Waals surface area contributed by atoms with Crippen LogP contribution in [0.1, 0.15) is 23.7 Å². The minimum absolute atomic E-state index is 0.0622. The van der Waals surface area contributed by atoms with Crippen molar-refractivity contribution in [2.45, 2.75) is 13.3 Å². The summed E-state index contributed by atoms with van der Waals surface area (Å²) in [5.74, 6) is -0.193. The van der Waals surface area contributed by atoms with Gasteiger partial charge in [0.2, 0.25) is 5.56 Å². The number of carbonyl (C=O) groups is 1. The van der Waals surface area contributed by atoms with Gasteiger partial charge in [0.15, 0.2) is 0 Å². The number of pyridine rings is 1. The Balaban J connectivity index is 2.76. The molecule has 0 aliphatic carbocycles. The molecule has 0 aromatic carbocycles. The first kappa shape index (κ1) is 13.8. The summed E-state index contributed by atoms with van der Waals surface area (Å²) in [5.41, 5.74) is 5.34. The van der Waals surface area contributed by atoms with Gasteiger partial charge in [0.05, 0.1) is 0 Å². The Morgan fingerprint density at radius 2 is 2.33 bits per heavy atom. The summed E-state index contributed by atoms with van der Waals surface area (Å²) in [7, 11) is 0. The fraction of sp³-hybridized carbons (Fsp3) is 0.364. The number of nitrogens with two attached hydrogens (primary N) is 1. The van der Waals surface area contributed by atoms with E-state index in [2.05, 4.69) is 10.1 Å². The van der Waals surface area contributed by atoms with E-state index in [1.807, 2.05) is 6.92 Å². The Morgan fingerprint density at radius 3 is 2.89 bits per heavy atom. The van der Waals surface area contributed by atoms with Crippen LogP contribution in [0.3, 0.4) is 0 Å². The molecule has 1 aromatic rings. The fourth-order valence-electron chi connectivity index (χ4n) is 1.46. The second-order valence-corrected chi connectivity index (χ2v) is 3.67. The molecular formula is C11H16N4O3. The number of hydrogen-bond donors (Lipinski definition) is 3. The lowest BCUT2D eigenvalue weighted by Gasteiger charge is -2.20. The van der Waals surface area contributed by atoms with E-state index < -0.39 is 0 Å². The van der Waals surface area contributed by atoms with Crippen LogP contribution in [-0.4, -0.2) is 39.9 Å². The highest BCUT2D eigenvalue weighted by Crippen LogP contribution is 2.02. The van der Waals surface area contributed by atoms with Crippen LogP contribution >= 0.6 is 0 Å². The van der Waals surface area contributed by atoms with E-state index in [-0.39, 0.29) is 23.7 Å². The third kappa shape index (κ3) is 3.62. The van der Waals surface area contributed by atoms with Crippen molar-refractivity contribution in [3.05, 3.63) is 34.2 Å². The van der Waals surface area contributed by atoms with Crippen LogP contribution in [0.4, 0.5) is 0 Å². The molecule has 0 atom stereocenters. The van der Waals surface area contributed by atoms with Gasteiger partial charge in [0, 0.05) is 37.3 Å². The summed E-state index contributed by atoms with van der Waals surface area (Å²) in [4.78, 5) is 27.1. The quantitative estimate of drug-likeness (QED) is 0.296. The van der Waals surface area contributed by atoms with Gasteiger partial charge in [-0.3, -0.25) is 9.59 Å². The van der Waals surface area contributed by atoms with Gasteiger partial charge < -0.3 is 20.8 Å². The smallest absolute Gasteiger partial charge is 0.254 e. The van der Waals surface area contributed by atoms with Gasteiger partial charge >= 0.3 is 0 Å². The number of amidine groups is 1. The Hall–Kier alpha value is -2.31. The zero-order chi connectivity index (χ0) is 13.5. The summed E-state index contributed by atoms with van der Waals surface area (Å²) in [6.07, 6.45) is 1.70.